The SMILES string of the molecule is Cc1ccc(Cn2c(=S)[nH]c3cc(Cl)cnc32)cn1. The number of hydrogen-bond donors (Lipinski definition) is 1. The van der Waals surface area contributed by atoms with Gasteiger partial charge < -0.3 is 4.98 Å². The van der Waals surface area contributed by atoms with Gasteiger partial charge in [0.1, 0.15) is 0 Å². The molecule has 3 aromatic rings. The maximum absolute atomic E-state index is 5.92. The minimum Gasteiger partial charge on any atom is -0.329 e. The van der Waals surface area contributed by atoms with Crippen LogP contribution in [0.4, 0.5) is 0 Å². The molecule has 0 aliphatic heterocycles. The molecule has 3 aromatic heterocycles. The van der Waals surface area contributed by atoms with Gasteiger partial charge in [-0.2, -0.15) is 0 Å². The van der Waals surface area contributed by atoms with Gasteiger partial charge >= 0.3 is 0 Å². The lowest BCUT2D eigenvalue weighted by Gasteiger charge is -2.04. The zero-order chi connectivity index (χ0) is 13.4. The Kier molecular flexibility index (Phi) is 3.08. The Morgan fingerprint density at radius 2 is 2.16 bits per heavy atom. The average molecular weight is 291 g/mol. The Morgan fingerprint density at radius 3 is 2.89 bits per heavy atom. The summed E-state index contributed by atoms with van der Waals surface area (Å²) in [6, 6.07) is 5.85. The molecular formula is C13H11ClN4S. The molecule has 0 radical (unpaired) electrons. The minimum absolute atomic E-state index is 0.591. The smallest absolute Gasteiger partial charge is 0.179 e. The van der Waals surface area contributed by atoms with Gasteiger partial charge in [-0.25, -0.2) is 4.98 Å². The van der Waals surface area contributed by atoms with Crippen molar-refractivity contribution < 1.29 is 0 Å². The lowest BCUT2D eigenvalue weighted by atomic mass is 10.2. The van der Waals surface area contributed by atoms with E-state index in [4.69, 9.17) is 23.8 Å². The Morgan fingerprint density at radius 1 is 1.32 bits per heavy atom. The van der Waals surface area contributed by atoms with Crippen molar-refractivity contribution in [3.8, 4) is 0 Å². The summed E-state index contributed by atoms with van der Waals surface area (Å²) < 4.78 is 2.57. The van der Waals surface area contributed by atoms with Crippen LogP contribution in [0.2, 0.25) is 5.02 Å². The molecule has 0 bridgehead atoms. The Bertz CT molecular complexity index is 789. The predicted molar refractivity (Wildman–Crippen MR) is 78.0 cm³/mol. The van der Waals surface area contributed by atoms with Crippen LogP contribution in [0.1, 0.15) is 11.3 Å². The molecule has 96 valence electrons. The fourth-order valence-electron chi connectivity index (χ4n) is 1.94. The first-order valence-corrected chi connectivity index (χ1v) is 6.58. The lowest BCUT2D eigenvalue weighted by Crippen LogP contribution is -2.01. The van der Waals surface area contributed by atoms with Crippen LogP contribution in [0.25, 0.3) is 11.2 Å². The Balaban J connectivity index is 2.07. The van der Waals surface area contributed by atoms with Gasteiger partial charge in [0, 0.05) is 18.1 Å². The van der Waals surface area contributed by atoms with E-state index in [1.54, 1.807) is 6.20 Å². The Hall–Kier alpha value is -1.72. The number of aromatic amines is 1. The van der Waals surface area contributed by atoms with Crippen molar-refractivity contribution in [2.75, 3.05) is 0 Å². The van der Waals surface area contributed by atoms with E-state index in [1.807, 2.05) is 35.9 Å². The fourth-order valence-corrected chi connectivity index (χ4v) is 2.36. The van der Waals surface area contributed by atoms with Crippen molar-refractivity contribution in [1.82, 2.24) is 19.5 Å². The standard InChI is InChI=1S/C13H11ClN4S/c1-8-2-3-9(5-15-8)7-18-12-11(17-13(18)19)4-10(14)6-16-12/h2-6H,7H2,1H3,(H,17,19). The van der Waals surface area contributed by atoms with Crippen LogP contribution in [0, 0.1) is 11.7 Å². The quantitative estimate of drug-likeness (QED) is 0.735. The molecule has 3 rings (SSSR count). The van der Waals surface area contributed by atoms with Crippen molar-refractivity contribution >= 4 is 35.0 Å². The van der Waals surface area contributed by atoms with Crippen molar-refractivity contribution in [3.63, 3.8) is 0 Å². The molecule has 0 fully saturated rings. The molecule has 1 N–H and O–H groups in total. The molecule has 0 aromatic carbocycles. The largest absolute Gasteiger partial charge is 0.329 e. The van der Waals surface area contributed by atoms with Crippen molar-refractivity contribution in [2.45, 2.75) is 13.5 Å². The third kappa shape index (κ3) is 2.39. The summed E-state index contributed by atoms with van der Waals surface area (Å²) in [7, 11) is 0. The number of aromatic nitrogens is 4. The first-order valence-electron chi connectivity index (χ1n) is 5.79. The normalized spacial score (nSPS) is 11.1. The van der Waals surface area contributed by atoms with E-state index < -0.39 is 0 Å². The molecule has 0 amide bonds. The third-order valence-electron chi connectivity index (χ3n) is 2.89. The van der Waals surface area contributed by atoms with Gasteiger partial charge in [-0.3, -0.25) is 9.55 Å². The average Bonchev–Trinajstić information content (AvgIpc) is 2.68. The van der Waals surface area contributed by atoms with Crippen LogP contribution in [-0.4, -0.2) is 19.5 Å². The second-order valence-electron chi connectivity index (χ2n) is 4.35. The van der Waals surface area contributed by atoms with Crippen LogP contribution in [-0.2, 0) is 6.54 Å². The summed E-state index contributed by atoms with van der Waals surface area (Å²) in [4.78, 5) is 11.7. The molecule has 0 aliphatic carbocycles. The van der Waals surface area contributed by atoms with E-state index in [0.717, 1.165) is 22.4 Å². The first-order chi connectivity index (χ1) is 9.13. The van der Waals surface area contributed by atoms with Crippen molar-refractivity contribution in [2.24, 2.45) is 0 Å². The summed E-state index contributed by atoms with van der Waals surface area (Å²) >= 11 is 11.2. The van der Waals surface area contributed by atoms with Gasteiger partial charge in [-0.15, -0.1) is 0 Å². The number of imidazole rings is 1. The van der Waals surface area contributed by atoms with Crippen LogP contribution in [0.3, 0.4) is 0 Å². The topological polar surface area (TPSA) is 46.5 Å². The number of aryl methyl sites for hydroxylation is 1. The highest BCUT2D eigenvalue weighted by molar-refractivity contribution is 7.71. The van der Waals surface area contributed by atoms with E-state index in [-0.39, 0.29) is 0 Å². The second kappa shape index (κ2) is 4.75. The van der Waals surface area contributed by atoms with Gasteiger partial charge in [0.05, 0.1) is 17.1 Å². The van der Waals surface area contributed by atoms with Gasteiger partial charge in [-0.05, 0) is 36.8 Å². The molecule has 4 nitrogen and oxygen atoms in total. The molecule has 0 saturated heterocycles. The number of H-pyrrole nitrogens is 1. The molecule has 6 heteroatoms. The van der Waals surface area contributed by atoms with Crippen LogP contribution < -0.4 is 0 Å². The number of nitrogens with zero attached hydrogens (tertiary/aromatic N) is 3. The number of fused-ring (bicyclic) bond motifs is 1. The number of rotatable bonds is 2. The monoisotopic (exact) mass is 290 g/mol. The molecular weight excluding hydrogens is 280 g/mol. The van der Waals surface area contributed by atoms with E-state index in [2.05, 4.69) is 15.0 Å². The molecule has 0 aliphatic rings. The highest BCUT2D eigenvalue weighted by Gasteiger charge is 2.07. The maximum Gasteiger partial charge on any atom is 0.179 e. The van der Waals surface area contributed by atoms with Crippen molar-refractivity contribution in [1.29, 1.82) is 0 Å². The van der Waals surface area contributed by atoms with Gasteiger partial charge in [0.15, 0.2) is 10.4 Å². The molecule has 0 unspecified atom stereocenters. The van der Waals surface area contributed by atoms with E-state index in [1.165, 1.54) is 0 Å². The van der Waals surface area contributed by atoms with E-state index >= 15 is 0 Å². The molecule has 3 heterocycles. The van der Waals surface area contributed by atoms with Gasteiger partial charge in [0.25, 0.3) is 0 Å². The Labute approximate surface area is 120 Å². The summed E-state index contributed by atoms with van der Waals surface area (Å²) in [6.07, 6.45) is 3.47. The number of pyridine rings is 2. The zero-order valence-corrected chi connectivity index (χ0v) is 11.8. The third-order valence-corrected chi connectivity index (χ3v) is 3.42. The number of nitrogens with one attached hydrogen (secondary N) is 1. The highest BCUT2D eigenvalue weighted by atomic mass is 35.5. The highest BCUT2D eigenvalue weighted by Crippen LogP contribution is 2.17. The molecule has 0 spiro atoms. The van der Waals surface area contributed by atoms with Crippen LogP contribution >= 0.6 is 23.8 Å². The fraction of sp³-hybridized carbons (Fsp3) is 0.154. The van der Waals surface area contributed by atoms with Crippen molar-refractivity contribution in [3.05, 3.63) is 51.6 Å². The number of hydrogen-bond acceptors (Lipinski definition) is 3. The van der Waals surface area contributed by atoms with Gasteiger partial charge in [-0.1, -0.05) is 17.7 Å². The van der Waals surface area contributed by atoms with Gasteiger partial charge in [0.2, 0.25) is 0 Å². The molecule has 0 saturated carbocycles. The summed E-state index contributed by atoms with van der Waals surface area (Å²) in [5.74, 6) is 0. The zero-order valence-electron chi connectivity index (χ0n) is 10.2. The lowest BCUT2D eigenvalue weighted by molar-refractivity contribution is 0.795. The van der Waals surface area contributed by atoms with Crippen LogP contribution in [0.15, 0.2) is 30.6 Å². The second-order valence-corrected chi connectivity index (χ2v) is 5.17. The van der Waals surface area contributed by atoms with E-state index in [9.17, 15) is 0 Å². The molecule has 19 heavy (non-hydrogen) atoms. The minimum atomic E-state index is 0.591. The first kappa shape index (κ1) is 12.3. The maximum atomic E-state index is 5.92. The summed E-state index contributed by atoms with van der Waals surface area (Å²) in [6.45, 7) is 2.60. The summed E-state index contributed by atoms with van der Waals surface area (Å²) in [5.41, 5.74) is 3.73. The van der Waals surface area contributed by atoms with Crippen LogP contribution in [0.5, 0.6) is 0 Å². The molecule has 0 atom stereocenters. The summed E-state index contributed by atoms with van der Waals surface area (Å²) in [5, 5.41) is 0.591. The number of halogens is 1. The predicted octanol–water partition coefficient (Wildman–Crippen LogP) is 3.50. The van der Waals surface area contributed by atoms with E-state index in [0.29, 0.717) is 16.3 Å².